The summed E-state index contributed by atoms with van der Waals surface area (Å²) in [5, 5.41) is 4.48. The van der Waals surface area contributed by atoms with Crippen LogP contribution in [0.4, 0.5) is 0 Å². The fraction of sp³-hybridized carbons (Fsp3) is 0.733. The van der Waals surface area contributed by atoms with Crippen LogP contribution in [-0.4, -0.2) is 23.5 Å². The van der Waals surface area contributed by atoms with Crippen LogP contribution in [0.5, 0.6) is 0 Å². The Morgan fingerprint density at radius 3 is 2.67 bits per heavy atom. The molecule has 0 radical (unpaired) electrons. The van der Waals surface area contributed by atoms with Crippen molar-refractivity contribution in [1.29, 1.82) is 0 Å². The van der Waals surface area contributed by atoms with Crippen LogP contribution in [0, 0.1) is 0 Å². The van der Waals surface area contributed by atoms with E-state index in [4.69, 9.17) is 5.73 Å². The standard InChI is InChI=1S/C15H26N2S/c1-3-9-17(12(2)13-8-10-18-11-13)15-6-4-14(16)5-7-15/h8,10-12,14-15H,3-7,9,16H2,1-2H3. The summed E-state index contributed by atoms with van der Waals surface area (Å²) in [6, 6.07) is 4.00. The third kappa shape index (κ3) is 3.34. The van der Waals surface area contributed by atoms with Gasteiger partial charge in [0.1, 0.15) is 0 Å². The molecule has 1 fully saturated rings. The Morgan fingerprint density at radius 1 is 1.39 bits per heavy atom. The second kappa shape index (κ2) is 6.69. The van der Waals surface area contributed by atoms with E-state index in [-0.39, 0.29) is 0 Å². The topological polar surface area (TPSA) is 29.3 Å². The minimum Gasteiger partial charge on any atom is -0.328 e. The Kier molecular flexibility index (Phi) is 5.22. The molecule has 2 N–H and O–H groups in total. The quantitative estimate of drug-likeness (QED) is 0.878. The van der Waals surface area contributed by atoms with Crippen molar-refractivity contribution in [2.45, 2.75) is 64.1 Å². The Labute approximate surface area is 115 Å². The van der Waals surface area contributed by atoms with Crippen molar-refractivity contribution in [1.82, 2.24) is 4.90 Å². The Balaban J connectivity index is 2.03. The average Bonchev–Trinajstić information content (AvgIpc) is 2.90. The normalized spacial score (nSPS) is 26.4. The summed E-state index contributed by atoms with van der Waals surface area (Å²) in [5.74, 6) is 0. The maximum absolute atomic E-state index is 6.02. The highest BCUT2D eigenvalue weighted by molar-refractivity contribution is 7.07. The van der Waals surface area contributed by atoms with E-state index in [0.717, 1.165) is 6.04 Å². The first-order valence-electron chi connectivity index (χ1n) is 7.25. The van der Waals surface area contributed by atoms with Gasteiger partial charge in [-0.25, -0.2) is 0 Å². The van der Waals surface area contributed by atoms with Crippen molar-refractivity contribution in [3.63, 3.8) is 0 Å². The maximum Gasteiger partial charge on any atom is 0.0331 e. The number of hydrogen-bond donors (Lipinski definition) is 1. The highest BCUT2D eigenvalue weighted by Gasteiger charge is 2.27. The number of hydrogen-bond acceptors (Lipinski definition) is 3. The molecule has 1 unspecified atom stereocenters. The molecular weight excluding hydrogens is 240 g/mol. The second-order valence-electron chi connectivity index (χ2n) is 5.54. The van der Waals surface area contributed by atoms with Gasteiger partial charge in [0.05, 0.1) is 0 Å². The predicted molar refractivity (Wildman–Crippen MR) is 80.0 cm³/mol. The molecule has 0 saturated heterocycles. The van der Waals surface area contributed by atoms with E-state index in [1.165, 1.54) is 44.2 Å². The van der Waals surface area contributed by atoms with Crippen LogP contribution in [-0.2, 0) is 0 Å². The van der Waals surface area contributed by atoms with Gasteiger partial charge in [0.25, 0.3) is 0 Å². The monoisotopic (exact) mass is 266 g/mol. The molecule has 1 aliphatic rings. The molecule has 0 aromatic carbocycles. The number of nitrogens with zero attached hydrogens (tertiary/aromatic N) is 1. The van der Waals surface area contributed by atoms with Gasteiger partial charge in [0, 0.05) is 18.1 Å². The molecule has 1 saturated carbocycles. The summed E-state index contributed by atoms with van der Waals surface area (Å²) in [7, 11) is 0. The summed E-state index contributed by atoms with van der Waals surface area (Å²) in [5.41, 5.74) is 7.50. The molecule has 1 aliphatic carbocycles. The lowest BCUT2D eigenvalue weighted by molar-refractivity contribution is 0.108. The first-order chi connectivity index (χ1) is 8.72. The van der Waals surface area contributed by atoms with Crippen molar-refractivity contribution in [3.05, 3.63) is 22.4 Å². The molecule has 2 rings (SSSR count). The summed E-state index contributed by atoms with van der Waals surface area (Å²) in [6.07, 6.45) is 6.17. The van der Waals surface area contributed by atoms with Gasteiger partial charge in [-0.3, -0.25) is 4.90 Å². The van der Waals surface area contributed by atoms with Crippen molar-refractivity contribution >= 4 is 11.3 Å². The van der Waals surface area contributed by atoms with Crippen LogP contribution in [0.15, 0.2) is 16.8 Å². The van der Waals surface area contributed by atoms with Crippen molar-refractivity contribution < 1.29 is 0 Å². The molecule has 3 heteroatoms. The molecule has 1 aromatic heterocycles. The van der Waals surface area contributed by atoms with E-state index in [0.29, 0.717) is 12.1 Å². The minimum atomic E-state index is 0.446. The molecule has 0 amide bonds. The van der Waals surface area contributed by atoms with Crippen molar-refractivity contribution in [2.75, 3.05) is 6.54 Å². The number of rotatable bonds is 5. The lowest BCUT2D eigenvalue weighted by Gasteiger charge is -2.39. The first kappa shape index (κ1) is 14.0. The molecular formula is C15H26N2S. The number of thiophene rings is 1. The van der Waals surface area contributed by atoms with Crippen LogP contribution < -0.4 is 5.73 Å². The van der Waals surface area contributed by atoms with Gasteiger partial charge in [-0.05, 0) is 68.0 Å². The summed E-state index contributed by atoms with van der Waals surface area (Å²) in [4.78, 5) is 2.70. The molecule has 102 valence electrons. The van der Waals surface area contributed by atoms with Crippen LogP contribution in [0.25, 0.3) is 0 Å². The van der Waals surface area contributed by atoms with E-state index < -0.39 is 0 Å². The third-order valence-electron chi connectivity index (χ3n) is 4.22. The van der Waals surface area contributed by atoms with Gasteiger partial charge >= 0.3 is 0 Å². The lowest BCUT2D eigenvalue weighted by Crippen LogP contribution is -2.42. The molecule has 0 bridgehead atoms. The highest BCUT2D eigenvalue weighted by Crippen LogP contribution is 2.30. The zero-order valence-electron chi connectivity index (χ0n) is 11.6. The molecule has 2 nitrogen and oxygen atoms in total. The molecule has 0 spiro atoms. The molecule has 0 aliphatic heterocycles. The van der Waals surface area contributed by atoms with Gasteiger partial charge < -0.3 is 5.73 Å². The first-order valence-corrected chi connectivity index (χ1v) is 8.20. The van der Waals surface area contributed by atoms with E-state index in [2.05, 4.69) is 35.6 Å². The fourth-order valence-electron chi connectivity index (χ4n) is 3.09. The second-order valence-corrected chi connectivity index (χ2v) is 6.32. The summed E-state index contributed by atoms with van der Waals surface area (Å²) in [6.45, 7) is 5.84. The SMILES string of the molecule is CCCN(C1CCC(N)CC1)C(C)c1ccsc1. The zero-order valence-corrected chi connectivity index (χ0v) is 12.5. The van der Waals surface area contributed by atoms with E-state index in [1.807, 2.05) is 0 Å². The smallest absolute Gasteiger partial charge is 0.0331 e. The van der Waals surface area contributed by atoms with Crippen molar-refractivity contribution in [2.24, 2.45) is 5.73 Å². The average molecular weight is 266 g/mol. The Hall–Kier alpha value is -0.380. The minimum absolute atomic E-state index is 0.446. The fourth-order valence-corrected chi connectivity index (χ4v) is 3.83. The third-order valence-corrected chi connectivity index (χ3v) is 4.92. The summed E-state index contributed by atoms with van der Waals surface area (Å²) < 4.78 is 0. The van der Waals surface area contributed by atoms with E-state index in [9.17, 15) is 0 Å². The lowest BCUT2D eigenvalue weighted by atomic mass is 9.89. The van der Waals surface area contributed by atoms with E-state index >= 15 is 0 Å². The van der Waals surface area contributed by atoms with Crippen LogP contribution in [0.2, 0.25) is 0 Å². The van der Waals surface area contributed by atoms with Gasteiger partial charge in [-0.2, -0.15) is 11.3 Å². The maximum atomic E-state index is 6.02. The van der Waals surface area contributed by atoms with Crippen LogP contribution in [0.3, 0.4) is 0 Å². The van der Waals surface area contributed by atoms with E-state index in [1.54, 1.807) is 11.3 Å². The highest BCUT2D eigenvalue weighted by atomic mass is 32.1. The molecule has 1 heterocycles. The van der Waals surface area contributed by atoms with Crippen molar-refractivity contribution in [3.8, 4) is 0 Å². The Morgan fingerprint density at radius 2 is 2.11 bits per heavy atom. The zero-order chi connectivity index (χ0) is 13.0. The predicted octanol–water partition coefficient (Wildman–Crippen LogP) is 3.79. The largest absolute Gasteiger partial charge is 0.328 e. The number of nitrogens with two attached hydrogens (primary N) is 1. The molecule has 1 aromatic rings. The van der Waals surface area contributed by atoms with Gasteiger partial charge in [-0.15, -0.1) is 0 Å². The van der Waals surface area contributed by atoms with Gasteiger partial charge in [-0.1, -0.05) is 6.92 Å². The van der Waals surface area contributed by atoms with Gasteiger partial charge in [0.15, 0.2) is 0 Å². The molecule has 1 atom stereocenters. The van der Waals surface area contributed by atoms with Crippen LogP contribution in [0.1, 0.15) is 57.6 Å². The van der Waals surface area contributed by atoms with Gasteiger partial charge in [0.2, 0.25) is 0 Å². The van der Waals surface area contributed by atoms with Crippen LogP contribution >= 0.6 is 11.3 Å². The summed E-state index contributed by atoms with van der Waals surface area (Å²) >= 11 is 1.80. The molecule has 18 heavy (non-hydrogen) atoms. The Bertz CT molecular complexity index is 328.